The van der Waals surface area contributed by atoms with E-state index in [1.165, 1.54) is 38.5 Å². The second-order valence-corrected chi connectivity index (χ2v) is 13.5. The van der Waals surface area contributed by atoms with Crippen LogP contribution in [0.2, 0.25) is 0 Å². The van der Waals surface area contributed by atoms with Gasteiger partial charge in [0.2, 0.25) is 0 Å². The van der Waals surface area contributed by atoms with Crippen molar-refractivity contribution in [3.05, 3.63) is 0 Å². The van der Waals surface area contributed by atoms with Gasteiger partial charge in [0.05, 0.1) is 0 Å². The Morgan fingerprint density at radius 3 is 2.10 bits per heavy atom. The Hall–Kier alpha value is 0. The van der Waals surface area contributed by atoms with Crippen molar-refractivity contribution < 1.29 is 0 Å². The zero-order valence-electron chi connectivity index (χ0n) is 22.1. The number of hydrogen-bond acceptors (Lipinski definition) is 0. The summed E-state index contributed by atoms with van der Waals surface area (Å²) in [6.07, 6.45) is 19.9. The van der Waals surface area contributed by atoms with E-state index >= 15 is 0 Å². The summed E-state index contributed by atoms with van der Waals surface area (Å²) in [7, 11) is 0. The van der Waals surface area contributed by atoms with Crippen LogP contribution >= 0.6 is 0 Å². The van der Waals surface area contributed by atoms with Crippen molar-refractivity contribution in [3.63, 3.8) is 0 Å². The molecule has 0 aromatic heterocycles. The molecule has 0 saturated heterocycles. The van der Waals surface area contributed by atoms with Gasteiger partial charge in [-0.05, 0) is 110 Å². The predicted molar refractivity (Wildman–Crippen MR) is 136 cm³/mol. The molecular formula is C31H56. The van der Waals surface area contributed by atoms with E-state index in [9.17, 15) is 0 Å². The summed E-state index contributed by atoms with van der Waals surface area (Å²) in [5.41, 5.74) is 0. The third kappa shape index (κ3) is 4.94. The molecule has 4 saturated carbocycles. The zero-order chi connectivity index (χ0) is 22.1. The van der Waals surface area contributed by atoms with Crippen LogP contribution in [0.25, 0.3) is 0 Å². The van der Waals surface area contributed by atoms with Crippen LogP contribution in [0.15, 0.2) is 0 Å². The van der Waals surface area contributed by atoms with Crippen LogP contribution in [0.1, 0.15) is 125 Å². The lowest BCUT2D eigenvalue weighted by Crippen LogP contribution is -2.44. The molecular weight excluding hydrogens is 372 g/mol. The molecule has 180 valence electrons. The van der Waals surface area contributed by atoms with Crippen molar-refractivity contribution in [2.24, 2.45) is 71.0 Å². The fraction of sp³-hybridized carbons (Fsp3) is 1.00. The van der Waals surface area contributed by atoms with Crippen LogP contribution in [-0.2, 0) is 0 Å². The quantitative estimate of drug-likeness (QED) is 0.395. The van der Waals surface area contributed by atoms with Gasteiger partial charge in [0.25, 0.3) is 0 Å². The molecule has 0 N–H and O–H groups in total. The second kappa shape index (κ2) is 10.5. The zero-order valence-corrected chi connectivity index (χ0v) is 22.1. The maximum absolute atomic E-state index is 2.70. The smallest absolute Gasteiger partial charge is 0.0331 e. The molecule has 0 heterocycles. The Labute approximate surface area is 196 Å². The molecule has 0 nitrogen and oxygen atoms in total. The first-order valence-corrected chi connectivity index (χ1v) is 14.9. The van der Waals surface area contributed by atoms with Gasteiger partial charge in [-0.3, -0.25) is 0 Å². The SMILES string of the molecule is CCC1CCC2CCC(C(C)C(C)C(C(C)C)[C@@H]3CCCC4CCCCC43)[C@@H](C)C2C1. The fourth-order valence-corrected chi connectivity index (χ4v) is 10.2. The Morgan fingerprint density at radius 1 is 0.677 bits per heavy atom. The normalized spacial score (nSPS) is 44.2. The Morgan fingerprint density at radius 2 is 1.35 bits per heavy atom. The minimum Gasteiger partial charge on any atom is -0.0651 e. The van der Waals surface area contributed by atoms with Crippen molar-refractivity contribution in [1.82, 2.24) is 0 Å². The van der Waals surface area contributed by atoms with E-state index in [0.29, 0.717) is 0 Å². The number of fused-ring (bicyclic) bond motifs is 2. The molecule has 0 radical (unpaired) electrons. The lowest BCUT2D eigenvalue weighted by atomic mass is 9.53. The summed E-state index contributed by atoms with van der Waals surface area (Å²) in [6, 6.07) is 0. The highest BCUT2D eigenvalue weighted by Gasteiger charge is 2.46. The minimum atomic E-state index is 0.855. The summed E-state index contributed by atoms with van der Waals surface area (Å²) >= 11 is 0. The summed E-state index contributed by atoms with van der Waals surface area (Å²) < 4.78 is 0. The van der Waals surface area contributed by atoms with Gasteiger partial charge in [-0.15, -0.1) is 0 Å². The summed E-state index contributed by atoms with van der Waals surface area (Å²) in [5.74, 6) is 11.9. The van der Waals surface area contributed by atoms with Crippen molar-refractivity contribution in [2.45, 2.75) is 125 Å². The molecule has 0 spiro atoms. The van der Waals surface area contributed by atoms with E-state index in [1.54, 1.807) is 44.9 Å². The molecule has 31 heavy (non-hydrogen) atoms. The first kappa shape index (κ1) is 24.1. The highest BCUT2D eigenvalue weighted by atomic mass is 14.5. The predicted octanol–water partition coefficient (Wildman–Crippen LogP) is 9.63. The van der Waals surface area contributed by atoms with Gasteiger partial charge in [-0.2, -0.15) is 0 Å². The largest absolute Gasteiger partial charge is 0.0651 e. The molecule has 0 amide bonds. The van der Waals surface area contributed by atoms with E-state index in [-0.39, 0.29) is 0 Å². The lowest BCUT2D eigenvalue weighted by Gasteiger charge is -2.52. The maximum Gasteiger partial charge on any atom is -0.0331 e. The highest BCUT2D eigenvalue weighted by Crippen LogP contribution is 2.55. The topological polar surface area (TPSA) is 0 Å². The third-order valence-electron chi connectivity index (χ3n) is 12.0. The molecule has 9 unspecified atom stereocenters. The fourth-order valence-electron chi connectivity index (χ4n) is 10.2. The molecule has 0 heteroatoms. The van der Waals surface area contributed by atoms with Crippen molar-refractivity contribution >= 4 is 0 Å². The van der Waals surface area contributed by atoms with Gasteiger partial charge in [-0.1, -0.05) is 86.5 Å². The average Bonchev–Trinajstić information content (AvgIpc) is 2.78. The van der Waals surface area contributed by atoms with Crippen molar-refractivity contribution in [2.75, 3.05) is 0 Å². The molecule has 4 rings (SSSR count). The first-order chi connectivity index (χ1) is 14.9. The molecule has 0 aliphatic heterocycles. The molecule has 0 bridgehead atoms. The minimum absolute atomic E-state index is 0.855. The van der Waals surface area contributed by atoms with Gasteiger partial charge in [0, 0.05) is 0 Å². The summed E-state index contributed by atoms with van der Waals surface area (Å²) in [5, 5.41) is 0. The molecule has 0 aromatic rings. The van der Waals surface area contributed by atoms with Crippen LogP contribution < -0.4 is 0 Å². The van der Waals surface area contributed by atoms with Crippen molar-refractivity contribution in [1.29, 1.82) is 0 Å². The maximum atomic E-state index is 2.70. The highest BCUT2D eigenvalue weighted by molar-refractivity contribution is 4.96. The Balaban J connectivity index is 1.47. The van der Waals surface area contributed by atoms with Gasteiger partial charge < -0.3 is 0 Å². The van der Waals surface area contributed by atoms with Gasteiger partial charge >= 0.3 is 0 Å². The van der Waals surface area contributed by atoms with E-state index in [4.69, 9.17) is 0 Å². The van der Waals surface area contributed by atoms with E-state index < -0.39 is 0 Å². The van der Waals surface area contributed by atoms with Crippen LogP contribution in [-0.4, -0.2) is 0 Å². The van der Waals surface area contributed by atoms with Gasteiger partial charge in [-0.25, -0.2) is 0 Å². The Kier molecular flexibility index (Phi) is 8.18. The van der Waals surface area contributed by atoms with Gasteiger partial charge in [0.15, 0.2) is 0 Å². The van der Waals surface area contributed by atoms with Crippen LogP contribution in [0.3, 0.4) is 0 Å². The van der Waals surface area contributed by atoms with Crippen molar-refractivity contribution in [3.8, 4) is 0 Å². The third-order valence-corrected chi connectivity index (χ3v) is 12.0. The van der Waals surface area contributed by atoms with Crippen LogP contribution in [0.5, 0.6) is 0 Å². The molecule has 4 aliphatic rings. The van der Waals surface area contributed by atoms with E-state index in [0.717, 1.165) is 71.0 Å². The summed E-state index contributed by atoms with van der Waals surface area (Å²) in [6.45, 7) is 15.7. The first-order valence-electron chi connectivity index (χ1n) is 14.9. The number of rotatable bonds is 6. The molecule has 4 aliphatic carbocycles. The molecule has 11 atom stereocenters. The van der Waals surface area contributed by atoms with E-state index in [2.05, 4.69) is 41.5 Å². The van der Waals surface area contributed by atoms with E-state index in [1.807, 2.05) is 0 Å². The lowest BCUT2D eigenvalue weighted by molar-refractivity contribution is -0.0288. The molecule has 4 fully saturated rings. The average molecular weight is 429 g/mol. The second-order valence-electron chi connectivity index (χ2n) is 13.5. The molecule has 0 aromatic carbocycles. The Bertz CT molecular complexity index is 546. The number of hydrogen-bond donors (Lipinski definition) is 0. The van der Waals surface area contributed by atoms with Crippen LogP contribution in [0.4, 0.5) is 0 Å². The van der Waals surface area contributed by atoms with Gasteiger partial charge in [0.1, 0.15) is 0 Å². The standard InChI is InChI=1S/C31H56/c1-7-24-15-16-26-17-18-27(23(6)30(26)19-24)21(4)22(5)31(20(2)3)29-14-10-12-25-11-8-9-13-28(25)29/h20-31H,7-19H2,1-6H3/t21?,22?,23-,24?,25?,26?,27?,28?,29-,30?,31?/m1/s1. The monoisotopic (exact) mass is 428 g/mol. The van der Waals surface area contributed by atoms with Crippen LogP contribution in [0, 0.1) is 71.0 Å². The summed E-state index contributed by atoms with van der Waals surface area (Å²) in [4.78, 5) is 0.